The summed E-state index contributed by atoms with van der Waals surface area (Å²) in [6, 6.07) is 8.82. The fourth-order valence-electron chi connectivity index (χ4n) is 2.01. The van der Waals surface area contributed by atoms with Crippen LogP contribution in [0.2, 0.25) is 0 Å². The Labute approximate surface area is 111 Å². The van der Waals surface area contributed by atoms with Crippen LogP contribution in [0.4, 0.5) is 10.2 Å². The Hall–Kier alpha value is -2.35. The van der Waals surface area contributed by atoms with Crippen molar-refractivity contribution in [3.63, 3.8) is 0 Å². The molecule has 0 radical (unpaired) electrons. The molecule has 4 nitrogen and oxygen atoms in total. The van der Waals surface area contributed by atoms with Crippen LogP contribution in [0, 0.1) is 24.1 Å². The van der Waals surface area contributed by atoms with Crippen molar-refractivity contribution in [3.05, 3.63) is 46.9 Å². The molecule has 1 aromatic carbocycles. The minimum atomic E-state index is -0.203. The average molecular weight is 258 g/mol. The van der Waals surface area contributed by atoms with Gasteiger partial charge in [0.25, 0.3) is 0 Å². The first kappa shape index (κ1) is 13.1. The number of aromatic nitrogens is 2. The first-order chi connectivity index (χ1) is 9.13. The number of nitrogens with zero attached hydrogens (tertiary/aromatic N) is 3. The van der Waals surface area contributed by atoms with E-state index in [9.17, 15) is 4.39 Å². The number of rotatable bonds is 4. The zero-order chi connectivity index (χ0) is 13.8. The normalized spacial score (nSPS) is 10.2. The summed E-state index contributed by atoms with van der Waals surface area (Å²) in [5.41, 5.74) is 1.89. The van der Waals surface area contributed by atoms with E-state index in [0.29, 0.717) is 35.6 Å². The lowest BCUT2D eigenvalue weighted by Gasteiger charge is -2.07. The van der Waals surface area contributed by atoms with Crippen LogP contribution in [0.5, 0.6) is 0 Å². The monoisotopic (exact) mass is 258 g/mol. The number of anilines is 1. The molecule has 98 valence electrons. The summed E-state index contributed by atoms with van der Waals surface area (Å²) in [4.78, 5) is 0. The fourth-order valence-corrected chi connectivity index (χ4v) is 2.01. The van der Waals surface area contributed by atoms with E-state index in [-0.39, 0.29) is 5.82 Å². The van der Waals surface area contributed by atoms with Crippen LogP contribution in [0.3, 0.4) is 0 Å². The van der Waals surface area contributed by atoms with E-state index in [0.717, 1.165) is 0 Å². The van der Waals surface area contributed by atoms with E-state index in [4.69, 9.17) is 5.26 Å². The van der Waals surface area contributed by atoms with Crippen molar-refractivity contribution in [2.24, 2.45) is 7.05 Å². The van der Waals surface area contributed by atoms with Gasteiger partial charge in [-0.15, -0.1) is 0 Å². The van der Waals surface area contributed by atoms with Crippen molar-refractivity contribution in [2.75, 3.05) is 11.9 Å². The van der Waals surface area contributed by atoms with Crippen molar-refractivity contribution in [2.45, 2.75) is 13.3 Å². The first-order valence-corrected chi connectivity index (χ1v) is 6.04. The predicted octanol–water partition coefficient (Wildman–Crippen LogP) is 2.39. The molecular weight excluding hydrogens is 243 g/mol. The lowest BCUT2D eigenvalue weighted by molar-refractivity contribution is 0.610. The van der Waals surface area contributed by atoms with Gasteiger partial charge in [0, 0.05) is 13.6 Å². The maximum absolute atomic E-state index is 13.4. The molecule has 0 aliphatic heterocycles. The SMILES string of the molecule is Cc1nn(C)c(NCCc2ccccc2F)c1C#N. The molecule has 0 spiro atoms. The Bertz CT molecular complexity index is 625. The second-order valence-corrected chi connectivity index (χ2v) is 4.31. The Kier molecular flexibility index (Phi) is 3.81. The van der Waals surface area contributed by atoms with Crippen LogP contribution in [0.25, 0.3) is 0 Å². The number of aryl methyl sites for hydroxylation is 2. The second-order valence-electron chi connectivity index (χ2n) is 4.31. The maximum atomic E-state index is 13.4. The minimum absolute atomic E-state index is 0.203. The number of nitrogens with one attached hydrogen (secondary N) is 1. The third kappa shape index (κ3) is 2.74. The van der Waals surface area contributed by atoms with Gasteiger partial charge >= 0.3 is 0 Å². The number of hydrogen-bond acceptors (Lipinski definition) is 3. The first-order valence-electron chi connectivity index (χ1n) is 6.04. The van der Waals surface area contributed by atoms with Gasteiger partial charge < -0.3 is 5.32 Å². The molecule has 0 fully saturated rings. The third-order valence-electron chi connectivity index (χ3n) is 2.98. The molecule has 0 saturated carbocycles. The van der Waals surface area contributed by atoms with Crippen LogP contribution in [0.15, 0.2) is 24.3 Å². The zero-order valence-electron chi connectivity index (χ0n) is 10.9. The van der Waals surface area contributed by atoms with Crippen molar-refractivity contribution >= 4 is 5.82 Å². The minimum Gasteiger partial charge on any atom is -0.369 e. The summed E-state index contributed by atoms with van der Waals surface area (Å²) in [5.74, 6) is 0.474. The highest BCUT2D eigenvalue weighted by atomic mass is 19.1. The number of nitriles is 1. The summed E-state index contributed by atoms with van der Waals surface area (Å²) in [6.07, 6.45) is 0.557. The van der Waals surface area contributed by atoms with Gasteiger partial charge in [0.15, 0.2) is 0 Å². The standard InChI is InChI=1S/C14H15FN4/c1-10-12(9-16)14(19(2)18-10)17-8-7-11-5-3-4-6-13(11)15/h3-6,17H,7-8H2,1-2H3. The van der Waals surface area contributed by atoms with Crippen LogP contribution in [-0.2, 0) is 13.5 Å². The van der Waals surface area contributed by atoms with Gasteiger partial charge in [-0.05, 0) is 25.0 Å². The van der Waals surface area contributed by atoms with Gasteiger partial charge in [-0.3, -0.25) is 4.68 Å². The van der Waals surface area contributed by atoms with E-state index in [1.54, 1.807) is 30.8 Å². The van der Waals surface area contributed by atoms with E-state index in [2.05, 4.69) is 16.5 Å². The van der Waals surface area contributed by atoms with Gasteiger partial charge in [-0.1, -0.05) is 18.2 Å². The lowest BCUT2D eigenvalue weighted by Crippen LogP contribution is -2.10. The zero-order valence-corrected chi connectivity index (χ0v) is 10.9. The lowest BCUT2D eigenvalue weighted by atomic mass is 10.1. The smallest absolute Gasteiger partial charge is 0.142 e. The summed E-state index contributed by atoms with van der Waals surface area (Å²) >= 11 is 0. The van der Waals surface area contributed by atoms with Gasteiger partial charge in [-0.2, -0.15) is 10.4 Å². The van der Waals surface area contributed by atoms with Crippen molar-refractivity contribution in [1.82, 2.24) is 9.78 Å². The summed E-state index contributed by atoms with van der Waals surface area (Å²) in [6.45, 7) is 2.34. The summed E-state index contributed by atoms with van der Waals surface area (Å²) in [5, 5.41) is 16.4. The number of benzene rings is 1. The molecule has 1 N–H and O–H groups in total. The molecule has 0 bridgehead atoms. The largest absolute Gasteiger partial charge is 0.369 e. The van der Waals surface area contributed by atoms with Gasteiger partial charge in [-0.25, -0.2) is 4.39 Å². The Balaban J connectivity index is 2.05. The van der Waals surface area contributed by atoms with Crippen molar-refractivity contribution in [1.29, 1.82) is 5.26 Å². The maximum Gasteiger partial charge on any atom is 0.142 e. The highest BCUT2D eigenvalue weighted by Crippen LogP contribution is 2.17. The molecular formula is C14H15FN4. The highest BCUT2D eigenvalue weighted by Gasteiger charge is 2.12. The highest BCUT2D eigenvalue weighted by molar-refractivity contribution is 5.55. The fraction of sp³-hybridized carbons (Fsp3) is 0.286. The topological polar surface area (TPSA) is 53.6 Å². The molecule has 0 aliphatic carbocycles. The summed E-state index contributed by atoms with van der Waals surface area (Å²) < 4.78 is 15.1. The molecule has 0 unspecified atom stereocenters. The quantitative estimate of drug-likeness (QED) is 0.916. The molecule has 0 saturated heterocycles. The molecule has 0 amide bonds. The number of halogens is 1. The second kappa shape index (κ2) is 5.53. The van der Waals surface area contributed by atoms with Crippen molar-refractivity contribution < 1.29 is 4.39 Å². The molecule has 2 rings (SSSR count). The van der Waals surface area contributed by atoms with E-state index in [1.807, 2.05) is 6.07 Å². The van der Waals surface area contributed by atoms with Crippen LogP contribution < -0.4 is 5.32 Å². The van der Waals surface area contributed by atoms with E-state index in [1.165, 1.54) is 6.07 Å². The van der Waals surface area contributed by atoms with E-state index >= 15 is 0 Å². The van der Waals surface area contributed by atoms with Gasteiger partial charge in [0.05, 0.1) is 5.69 Å². The third-order valence-corrected chi connectivity index (χ3v) is 2.98. The van der Waals surface area contributed by atoms with E-state index < -0.39 is 0 Å². The molecule has 0 aliphatic rings. The molecule has 5 heteroatoms. The number of hydrogen-bond donors (Lipinski definition) is 1. The summed E-state index contributed by atoms with van der Waals surface area (Å²) in [7, 11) is 1.78. The molecule has 1 aromatic heterocycles. The molecule has 2 aromatic rings. The van der Waals surface area contributed by atoms with Crippen molar-refractivity contribution in [3.8, 4) is 6.07 Å². The van der Waals surface area contributed by atoms with Gasteiger partial charge in [0.2, 0.25) is 0 Å². The molecule has 1 heterocycles. The Morgan fingerprint density at radius 1 is 1.42 bits per heavy atom. The Morgan fingerprint density at radius 3 is 2.84 bits per heavy atom. The predicted molar refractivity (Wildman–Crippen MR) is 71.3 cm³/mol. The van der Waals surface area contributed by atoms with Crippen LogP contribution >= 0.6 is 0 Å². The molecule has 0 atom stereocenters. The van der Waals surface area contributed by atoms with Gasteiger partial charge in [0.1, 0.15) is 23.3 Å². The van der Waals surface area contributed by atoms with Crippen LogP contribution in [0.1, 0.15) is 16.8 Å². The van der Waals surface area contributed by atoms with Crippen LogP contribution in [-0.4, -0.2) is 16.3 Å². The average Bonchev–Trinajstić information content (AvgIpc) is 2.66. The molecule has 19 heavy (non-hydrogen) atoms. The Morgan fingerprint density at radius 2 is 2.16 bits per heavy atom.